The molecule has 0 amide bonds. The van der Waals surface area contributed by atoms with Crippen molar-refractivity contribution in [3.05, 3.63) is 35.9 Å². The first-order valence-corrected chi connectivity index (χ1v) is 4.90. The van der Waals surface area contributed by atoms with Gasteiger partial charge in [0.1, 0.15) is 0 Å². The van der Waals surface area contributed by atoms with Crippen LogP contribution in [0.4, 0.5) is 0 Å². The van der Waals surface area contributed by atoms with Crippen molar-refractivity contribution in [2.45, 2.75) is 13.5 Å². The van der Waals surface area contributed by atoms with Gasteiger partial charge >= 0.3 is 0 Å². The van der Waals surface area contributed by atoms with E-state index in [2.05, 4.69) is 17.6 Å². The molecule has 1 aromatic rings. The number of hydrogen-bond acceptors (Lipinski definition) is 3. The minimum absolute atomic E-state index is 0.584. The molecule has 3 nitrogen and oxygen atoms in total. The lowest BCUT2D eigenvalue weighted by atomic mass is 10.2. The monoisotopic (exact) mass is 195 g/mol. The molecule has 0 aliphatic rings. The van der Waals surface area contributed by atoms with Gasteiger partial charge in [0.15, 0.2) is 0 Å². The van der Waals surface area contributed by atoms with Crippen LogP contribution in [-0.4, -0.2) is 19.8 Å². The van der Waals surface area contributed by atoms with Crippen molar-refractivity contribution in [2.75, 3.05) is 19.8 Å². The Balaban J connectivity index is 1.99. The van der Waals surface area contributed by atoms with Gasteiger partial charge in [0.05, 0.1) is 13.2 Å². The third-order valence-electron chi connectivity index (χ3n) is 1.76. The zero-order chi connectivity index (χ0) is 10.1. The number of rotatable bonds is 7. The lowest BCUT2D eigenvalue weighted by Gasteiger charge is -2.05. The summed E-state index contributed by atoms with van der Waals surface area (Å²) in [6, 6.07) is 10.1. The molecule has 78 valence electrons. The van der Waals surface area contributed by atoms with Gasteiger partial charge in [0.2, 0.25) is 0 Å². The normalized spacial score (nSPS) is 10.4. The second-order valence-electron chi connectivity index (χ2n) is 2.85. The van der Waals surface area contributed by atoms with Crippen LogP contribution in [0.5, 0.6) is 0 Å². The summed E-state index contributed by atoms with van der Waals surface area (Å²) in [5.74, 6) is 0. The number of ether oxygens (including phenoxy) is 1. The third kappa shape index (κ3) is 4.97. The maximum Gasteiger partial charge on any atom is 0.0916 e. The molecule has 0 aliphatic heterocycles. The molecule has 14 heavy (non-hydrogen) atoms. The van der Waals surface area contributed by atoms with Crippen molar-refractivity contribution in [3.63, 3.8) is 0 Å². The van der Waals surface area contributed by atoms with Crippen molar-refractivity contribution >= 4 is 0 Å². The lowest BCUT2D eigenvalue weighted by molar-refractivity contribution is -0.00521. The van der Waals surface area contributed by atoms with E-state index in [0.717, 1.165) is 13.2 Å². The quantitative estimate of drug-likeness (QED) is 0.531. The number of nitrogens with one attached hydrogen (secondary N) is 1. The highest BCUT2D eigenvalue weighted by Gasteiger charge is 1.90. The van der Waals surface area contributed by atoms with Crippen LogP contribution >= 0.6 is 0 Å². The van der Waals surface area contributed by atoms with E-state index in [-0.39, 0.29) is 0 Å². The van der Waals surface area contributed by atoms with Crippen molar-refractivity contribution in [1.29, 1.82) is 0 Å². The molecule has 0 aliphatic carbocycles. The molecule has 0 unspecified atom stereocenters. The molecule has 0 fully saturated rings. The highest BCUT2D eigenvalue weighted by Crippen LogP contribution is 1.96. The van der Waals surface area contributed by atoms with Gasteiger partial charge in [-0.15, -0.1) is 0 Å². The van der Waals surface area contributed by atoms with E-state index in [9.17, 15) is 0 Å². The average Bonchev–Trinajstić information content (AvgIpc) is 2.25. The summed E-state index contributed by atoms with van der Waals surface area (Å²) in [4.78, 5) is 5.16. The average molecular weight is 195 g/mol. The first-order chi connectivity index (χ1) is 6.93. The van der Waals surface area contributed by atoms with Gasteiger partial charge in [-0.3, -0.25) is 4.84 Å². The van der Waals surface area contributed by atoms with Gasteiger partial charge in [-0.05, 0) is 12.5 Å². The molecule has 3 heteroatoms. The molecule has 1 rings (SSSR count). The minimum Gasteiger partial charge on any atom is -0.379 e. The van der Waals surface area contributed by atoms with Crippen molar-refractivity contribution < 1.29 is 9.57 Å². The van der Waals surface area contributed by atoms with E-state index < -0.39 is 0 Å². The minimum atomic E-state index is 0.584. The number of benzene rings is 1. The predicted octanol–water partition coefficient (Wildman–Crippen LogP) is 1.74. The molecule has 0 bridgehead atoms. The standard InChI is InChI=1S/C11H17NO2/c1-2-13-8-9-14-12-10-11-6-4-3-5-7-11/h3-7,12H,2,8-10H2,1H3. The Morgan fingerprint density at radius 3 is 2.64 bits per heavy atom. The summed E-state index contributed by atoms with van der Waals surface area (Å²) >= 11 is 0. The fraction of sp³-hybridized carbons (Fsp3) is 0.455. The molecule has 0 saturated heterocycles. The molecule has 0 heterocycles. The van der Waals surface area contributed by atoms with Gasteiger partial charge in [0, 0.05) is 13.2 Å². The first kappa shape index (κ1) is 11.2. The van der Waals surface area contributed by atoms with Crippen LogP contribution in [0.3, 0.4) is 0 Å². The summed E-state index contributed by atoms with van der Waals surface area (Å²) < 4.78 is 5.12. The van der Waals surface area contributed by atoms with Crippen LogP contribution in [0.15, 0.2) is 30.3 Å². The van der Waals surface area contributed by atoms with Crippen molar-refractivity contribution in [1.82, 2.24) is 5.48 Å². The Kier molecular flexibility index (Phi) is 5.99. The third-order valence-corrected chi connectivity index (χ3v) is 1.76. The maximum absolute atomic E-state index is 5.16. The molecule has 0 atom stereocenters. The Bertz CT molecular complexity index is 226. The zero-order valence-corrected chi connectivity index (χ0v) is 8.53. The molecule has 0 aromatic heterocycles. The molecular weight excluding hydrogens is 178 g/mol. The summed E-state index contributed by atoms with van der Waals surface area (Å²) in [6.07, 6.45) is 0. The van der Waals surface area contributed by atoms with E-state index in [0.29, 0.717) is 13.2 Å². The molecule has 1 N–H and O–H groups in total. The van der Waals surface area contributed by atoms with E-state index in [4.69, 9.17) is 9.57 Å². The number of hydroxylamine groups is 1. The molecule has 1 aromatic carbocycles. The molecule has 0 spiro atoms. The second kappa shape index (κ2) is 7.50. The molecule has 0 saturated carbocycles. The molecule has 0 radical (unpaired) electrons. The fourth-order valence-corrected chi connectivity index (χ4v) is 1.05. The van der Waals surface area contributed by atoms with E-state index in [1.807, 2.05) is 25.1 Å². The van der Waals surface area contributed by atoms with Crippen LogP contribution < -0.4 is 5.48 Å². The molecular formula is C11H17NO2. The largest absolute Gasteiger partial charge is 0.379 e. The number of hydrogen-bond donors (Lipinski definition) is 1. The first-order valence-electron chi connectivity index (χ1n) is 4.90. The van der Waals surface area contributed by atoms with Gasteiger partial charge in [-0.1, -0.05) is 30.3 Å². The Morgan fingerprint density at radius 1 is 1.14 bits per heavy atom. The van der Waals surface area contributed by atoms with Gasteiger partial charge < -0.3 is 4.74 Å². The van der Waals surface area contributed by atoms with Crippen LogP contribution in [0, 0.1) is 0 Å². The van der Waals surface area contributed by atoms with Crippen LogP contribution in [0.1, 0.15) is 12.5 Å². The van der Waals surface area contributed by atoms with E-state index in [1.165, 1.54) is 5.56 Å². The van der Waals surface area contributed by atoms with Gasteiger partial charge in [0.25, 0.3) is 0 Å². The Morgan fingerprint density at radius 2 is 1.93 bits per heavy atom. The smallest absolute Gasteiger partial charge is 0.0916 e. The topological polar surface area (TPSA) is 30.5 Å². The summed E-state index contributed by atoms with van der Waals surface area (Å²) in [6.45, 7) is 4.66. The zero-order valence-electron chi connectivity index (χ0n) is 8.53. The highest BCUT2D eigenvalue weighted by molar-refractivity contribution is 5.13. The van der Waals surface area contributed by atoms with Crippen molar-refractivity contribution in [3.8, 4) is 0 Å². The Labute approximate surface area is 85.0 Å². The van der Waals surface area contributed by atoms with Crippen LogP contribution in [0.25, 0.3) is 0 Å². The highest BCUT2D eigenvalue weighted by atomic mass is 16.7. The SMILES string of the molecule is CCOCCONCc1ccccc1. The van der Waals surface area contributed by atoms with Crippen LogP contribution in [0.2, 0.25) is 0 Å². The summed E-state index contributed by atoms with van der Waals surface area (Å²) in [5.41, 5.74) is 4.09. The lowest BCUT2D eigenvalue weighted by Crippen LogP contribution is -2.17. The summed E-state index contributed by atoms with van der Waals surface area (Å²) in [7, 11) is 0. The van der Waals surface area contributed by atoms with Gasteiger partial charge in [-0.25, -0.2) is 0 Å². The Hall–Kier alpha value is -0.900. The van der Waals surface area contributed by atoms with Crippen molar-refractivity contribution in [2.24, 2.45) is 0 Å². The fourth-order valence-electron chi connectivity index (χ4n) is 1.05. The predicted molar refractivity (Wildman–Crippen MR) is 55.7 cm³/mol. The summed E-state index contributed by atoms with van der Waals surface area (Å²) in [5, 5.41) is 0. The van der Waals surface area contributed by atoms with E-state index in [1.54, 1.807) is 0 Å². The maximum atomic E-state index is 5.16. The van der Waals surface area contributed by atoms with Gasteiger partial charge in [-0.2, -0.15) is 5.48 Å². The van der Waals surface area contributed by atoms with E-state index >= 15 is 0 Å². The second-order valence-corrected chi connectivity index (χ2v) is 2.85. The van der Waals surface area contributed by atoms with Crippen LogP contribution in [-0.2, 0) is 16.1 Å².